The van der Waals surface area contributed by atoms with Crippen LogP contribution in [0.1, 0.15) is 18.6 Å². The Balaban J connectivity index is 2.57. The number of nitrogens with one attached hydrogen (secondary N) is 1. The van der Waals surface area contributed by atoms with Crippen molar-refractivity contribution >= 4 is 5.91 Å². The summed E-state index contributed by atoms with van der Waals surface area (Å²) in [5.74, 6) is -0.980. The molecular weight excluding hydrogens is 237 g/mol. The van der Waals surface area contributed by atoms with Crippen LogP contribution < -0.4 is 10.1 Å². The van der Waals surface area contributed by atoms with Crippen molar-refractivity contribution in [2.45, 2.75) is 13.0 Å². The molecule has 0 radical (unpaired) electrons. The lowest BCUT2D eigenvalue weighted by molar-refractivity contribution is -0.122. The van der Waals surface area contributed by atoms with Gasteiger partial charge in [0.2, 0.25) is 0 Å². The van der Waals surface area contributed by atoms with E-state index in [4.69, 9.17) is 4.74 Å². The summed E-state index contributed by atoms with van der Waals surface area (Å²) in [4.78, 5) is 11.2. The van der Waals surface area contributed by atoms with Gasteiger partial charge in [-0.25, -0.2) is 4.39 Å². The Morgan fingerprint density at radius 1 is 1.67 bits per heavy atom. The number of aliphatic hydroxyl groups is 1. The zero-order valence-electron chi connectivity index (χ0n) is 10.1. The predicted octanol–water partition coefficient (Wildman–Crippen LogP) is 1.56. The largest absolute Gasteiger partial charge is 0.481 e. The predicted molar refractivity (Wildman–Crippen MR) is 65.7 cm³/mol. The molecule has 0 bridgehead atoms. The van der Waals surface area contributed by atoms with Crippen molar-refractivity contribution in [2.24, 2.45) is 0 Å². The molecule has 98 valence electrons. The molecular formula is C13H16FNO3. The maximum atomic E-state index is 13.5. The Labute approximate surface area is 105 Å². The number of carbonyl (C=O) groups is 1. The normalized spacial score (nSPS) is 11.7. The third kappa shape index (κ3) is 4.18. The Morgan fingerprint density at radius 2 is 2.39 bits per heavy atom. The standard InChI is InChI=1S/C13H16FNO3/c1-3-6-15-13(17)8-18-12-5-4-10(9(2)16)7-11(12)14/h3-5,7,9,16H,1,6,8H2,2H3,(H,15,17)/t9-/m1/s1. The molecule has 2 N–H and O–H groups in total. The van der Waals surface area contributed by atoms with E-state index in [1.165, 1.54) is 25.1 Å². The van der Waals surface area contributed by atoms with Crippen LogP contribution in [0.3, 0.4) is 0 Å². The second kappa shape index (κ2) is 6.76. The highest BCUT2D eigenvalue weighted by Gasteiger charge is 2.09. The zero-order valence-corrected chi connectivity index (χ0v) is 10.1. The summed E-state index contributed by atoms with van der Waals surface area (Å²) >= 11 is 0. The number of halogens is 1. The molecule has 1 aromatic carbocycles. The van der Waals surface area contributed by atoms with E-state index in [1.807, 2.05) is 0 Å². The summed E-state index contributed by atoms with van der Waals surface area (Å²) in [6, 6.07) is 4.12. The molecule has 0 aliphatic heterocycles. The Hall–Kier alpha value is -1.88. The summed E-state index contributed by atoms with van der Waals surface area (Å²) < 4.78 is 18.6. The monoisotopic (exact) mass is 253 g/mol. The van der Waals surface area contributed by atoms with Gasteiger partial charge in [0, 0.05) is 6.54 Å². The Bertz CT molecular complexity index is 432. The fraction of sp³-hybridized carbons (Fsp3) is 0.308. The van der Waals surface area contributed by atoms with Gasteiger partial charge in [-0.15, -0.1) is 6.58 Å². The van der Waals surface area contributed by atoms with Crippen molar-refractivity contribution < 1.29 is 19.0 Å². The van der Waals surface area contributed by atoms with Gasteiger partial charge in [-0.05, 0) is 24.6 Å². The SMILES string of the molecule is C=CCNC(=O)COc1ccc([C@@H](C)O)cc1F. The maximum Gasteiger partial charge on any atom is 0.258 e. The van der Waals surface area contributed by atoms with E-state index in [0.717, 1.165) is 0 Å². The van der Waals surface area contributed by atoms with E-state index in [0.29, 0.717) is 12.1 Å². The lowest BCUT2D eigenvalue weighted by Gasteiger charge is -2.09. The summed E-state index contributed by atoms with van der Waals surface area (Å²) in [6.45, 7) is 5.07. The molecule has 0 aliphatic rings. The first-order valence-electron chi connectivity index (χ1n) is 5.52. The maximum absolute atomic E-state index is 13.5. The molecule has 4 nitrogen and oxygen atoms in total. The highest BCUT2D eigenvalue weighted by atomic mass is 19.1. The van der Waals surface area contributed by atoms with Crippen LogP contribution in [-0.4, -0.2) is 24.2 Å². The van der Waals surface area contributed by atoms with Crippen molar-refractivity contribution in [3.8, 4) is 5.75 Å². The average molecular weight is 253 g/mol. The summed E-state index contributed by atoms with van der Waals surface area (Å²) in [6.07, 6.45) is 0.792. The fourth-order valence-corrected chi connectivity index (χ4v) is 1.27. The van der Waals surface area contributed by atoms with Crippen LogP contribution in [0.25, 0.3) is 0 Å². The minimum atomic E-state index is -0.746. The van der Waals surface area contributed by atoms with Gasteiger partial charge in [0.25, 0.3) is 5.91 Å². The van der Waals surface area contributed by atoms with Gasteiger partial charge < -0.3 is 15.2 Å². The first-order chi connectivity index (χ1) is 8.54. The fourth-order valence-electron chi connectivity index (χ4n) is 1.27. The summed E-state index contributed by atoms with van der Waals surface area (Å²) in [7, 11) is 0. The second-order valence-electron chi connectivity index (χ2n) is 3.75. The highest BCUT2D eigenvalue weighted by molar-refractivity contribution is 5.77. The number of hydrogen-bond acceptors (Lipinski definition) is 3. The quantitative estimate of drug-likeness (QED) is 0.756. The summed E-state index contributed by atoms with van der Waals surface area (Å²) in [5.41, 5.74) is 0.455. The molecule has 0 fully saturated rings. The van der Waals surface area contributed by atoms with Crippen LogP contribution in [-0.2, 0) is 4.79 Å². The van der Waals surface area contributed by atoms with Crippen molar-refractivity contribution in [2.75, 3.05) is 13.2 Å². The number of ether oxygens (including phenoxy) is 1. The highest BCUT2D eigenvalue weighted by Crippen LogP contribution is 2.21. The zero-order chi connectivity index (χ0) is 13.5. The van der Waals surface area contributed by atoms with E-state index in [1.54, 1.807) is 6.07 Å². The third-order valence-corrected chi connectivity index (χ3v) is 2.24. The van der Waals surface area contributed by atoms with Crippen molar-refractivity contribution in [1.82, 2.24) is 5.32 Å². The topological polar surface area (TPSA) is 58.6 Å². The van der Waals surface area contributed by atoms with Gasteiger partial charge >= 0.3 is 0 Å². The lowest BCUT2D eigenvalue weighted by Crippen LogP contribution is -2.28. The molecule has 0 heterocycles. The first kappa shape index (κ1) is 14.2. The molecule has 0 aromatic heterocycles. The molecule has 1 rings (SSSR count). The third-order valence-electron chi connectivity index (χ3n) is 2.24. The Morgan fingerprint density at radius 3 is 2.94 bits per heavy atom. The molecule has 18 heavy (non-hydrogen) atoms. The van der Waals surface area contributed by atoms with Crippen LogP contribution in [0.4, 0.5) is 4.39 Å². The smallest absolute Gasteiger partial charge is 0.258 e. The van der Waals surface area contributed by atoms with Crippen LogP contribution in [0.15, 0.2) is 30.9 Å². The number of rotatable bonds is 6. The van der Waals surface area contributed by atoms with Crippen LogP contribution >= 0.6 is 0 Å². The minimum absolute atomic E-state index is 0.0202. The molecule has 0 saturated carbocycles. The van der Waals surface area contributed by atoms with Gasteiger partial charge in [0.05, 0.1) is 6.10 Å². The first-order valence-corrected chi connectivity index (χ1v) is 5.52. The van der Waals surface area contributed by atoms with Crippen molar-refractivity contribution in [3.05, 3.63) is 42.2 Å². The van der Waals surface area contributed by atoms with Crippen molar-refractivity contribution in [1.29, 1.82) is 0 Å². The molecule has 0 unspecified atom stereocenters. The van der Waals surface area contributed by atoms with E-state index in [9.17, 15) is 14.3 Å². The molecule has 1 amide bonds. The van der Waals surface area contributed by atoms with Gasteiger partial charge in [-0.3, -0.25) is 4.79 Å². The molecule has 5 heteroatoms. The molecule has 1 atom stereocenters. The second-order valence-corrected chi connectivity index (χ2v) is 3.75. The Kier molecular flexibility index (Phi) is 5.32. The van der Waals surface area contributed by atoms with E-state index >= 15 is 0 Å². The number of carbonyl (C=O) groups excluding carboxylic acids is 1. The van der Waals surface area contributed by atoms with E-state index in [-0.39, 0.29) is 18.3 Å². The summed E-state index contributed by atoms with van der Waals surface area (Å²) in [5, 5.41) is 11.8. The van der Waals surface area contributed by atoms with Gasteiger partial charge in [-0.1, -0.05) is 12.1 Å². The number of amides is 1. The van der Waals surface area contributed by atoms with E-state index in [2.05, 4.69) is 11.9 Å². The number of hydrogen-bond donors (Lipinski definition) is 2. The van der Waals surface area contributed by atoms with Crippen LogP contribution in [0.2, 0.25) is 0 Å². The van der Waals surface area contributed by atoms with Gasteiger partial charge in [-0.2, -0.15) is 0 Å². The van der Waals surface area contributed by atoms with E-state index < -0.39 is 11.9 Å². The number of aliphatic hydroxyl groups excluding tert-OH is 1. The minimum Gasteiger partial charge on any atom is -0.481 e. The molecule has 0 aliphatic carbocycles. The van der Waals surface area contributed by atoms with Gasteiger partial charge in [0.1, 0.15) is 0 Å². The van der Waals surface area contributed by atoms with Gasteiger partial charge in [0.15, 0.2) is 18.2 Å². The van der Waals surface area contributed by atoms with Crippen LogP contribution in [0.5, 0.6) is 5.75 Å². The number of benzene rings is 1. The molecule has 0 saturated heterocycles. The molecule has 1 aromatic rings. The average Bonchev–Trinajstić information content (AvgIpc) is 2.34. The van der Waals surface area contributed by atoms with Crippen LogP contribution in [0, 0.1) is 5.82 Å². The lowest BCUT2D eigenvalue weighted by atomic mass is 10.1. The molecule has 0 spiro atoms. The van der Waals surface area contributed by atoms with Crippen molar-refractivity contribution in [3.63, 3.8) is 0 Å².